The SMILES string of the molecule is [2H]c1c(C)[n+](C)c(-c2cc(C(C)C)ccc2C)c2ccc(-c3cccnc3)cc12. The minimum absolute atomic E-state index is 0.472. The highest BCUT2D eigenvalue weighted by Gasteiger charge is 2.20. The Hall–Kier alpha value is -3.00. The number of benzene rings is 2. The summed E-state index contributed by atoms with van der Waals surface area (Å²) in [6, 6.07) is 17.8. The van der Waals surface area contributed by atoms with Crippen molar-refractivity contribution in [2.24, 2.45) is 7.05 Å². The topological polar surface area (TPSA) is 16.8 Å². The summed E-state index contributed by atoms with van der Waals surface area (Å²) in [5.74, 6) is 0.472. The zero-order chi connectivity index (χ0) is 20.7. The van der Waals surface area contributed by atoms with Crippen LogP contribution >= 0.6 is 0 Å². The predicted octanol–water partition coefficient (Wildman–Crippen LogP) is 6.13. The highest BCUT2D eigenvalue weighted by Crippen LogP contribution is 2.33. The zero-order valence-corrected chi connectivity index (χ0v) is 17.2. The second kappa shape index (κ2) is 7.20. The molecule has 0 saturated heterocycles. The Labute approximate surface area is 168 Å². The van der Waals surface area contributed by atoms with Gasteiger partial charge in [0.15, 0.2) is 5.69 Å². The molecule has 0 aliphatic heterocycles. The van der Waals surface area contributed by atoms with Gasteiger partial charge in [0.25, 0.3) is 0 Å². The summed E-state index contributed by atoms with van der Waals surface area (Å²) in [6.07, 6.45) is 3.66. The van der Waals surface area contributed by atoms with Gasteiger partial charge in [-0.3, -0.25) is 4.98 Å². The third kappa shape index (κ3) is 3.20. The highest BCUT2D eigenvalue weighted by atomic mass is 14.9. The van der Waals surface area contributed by atoms with Gasteiger partial charge in [-0.15, -0.1) is 0 Å². The van der Waals surface area contributed by atoms with Crippen LogP contribution in [0.15, 0.2) is 67.0 Å². The molecule has 0 N–H and O–H groups in total. The van der Waals surface area contributed by atoms with Gasteiger partial charge in [0.1, 0.15) is 7.05 Å². The van der Waals surface area contributed by atoms with E-state index in [2.05, 4.69) is 79.8 Å². The lowest BCUT2D eigenvalue weighted by Gasteiger charge is -2.13. The molecule has 0 bridgehead atoms. The van der Waals surface area contributed by atoms with Crippen molar-refractivity contribution in [2.75, 3.05) is 0 Å². The molecule has 2 heterocycles. The van der Waals surface area contributed by atoms with Gasteiger partial charge >= 0.3 is 0 Å². The molecule has 4 aromatic rings. The van der Waals surface area contributed by atoms with Crippen molar-refractivity contribution in [3.63, 3.8) is 0 Å². The first-order chi connectivity index (χ1) is 13.9. The van der Waals surface area contributed by atoms with Crippen LogP contribution in [0.4, 0.5) is 0 Å². The monoisotopic (exact) mass is 368 g/mol. The van der Waals surface area contributed by atoms with Gasteiger partial charge in [0.05, 0.1) is 6.76 Å². The molecule has 0 aliphatic carbocycles. The molecule has 0 amide bonds. The van der Waals surface area contributed by atoms with Gasteiger partial charge in [-0.25, -0.2) is 0 Å². The van der Waals surface area contributed by atoms with E-state index < -0.39 is 0 Å². The number of nitrogens with zero attached hydrogens (tertiary/aromatic N) is 2. The first-order valence-corrected chi connectivity index (χ1v) is 9.82. The maximum atomic E-state index is 8.78. The Morgan fingerprint density at radius 3 is 2.54 bits per heavy atom. The molecule has 0 spiro atoms. The predicted molar refractivity (Wildman–Crippen MR) is 117 cm³/mol. The van der Waals surface area contributed by atoms with E-state index in [0.717, 1.165) is 27.6 Å². The number of hydrogen-bond donors (Lipinski definition) is 0. The molecule has 140 valence electrons. The number of hydrogen-bond acceptors (Lipinski definition) is 1. The molecule has 28 heavy (non-hydrogen) atoms. The van der Waals surface area contributed by atoms with Crippen LogP contribution in [-0.4, -0.2) is 4.98 Å². The maximum Gasteiger partial charge on any atom is 0.220 e. The van der Waals surface area contributed by atoms with E-state index in [-0.39, 0.29) is 0 Å². The summed E-state index contributed by atoms with van der Waals surface area (Å²) in [5.41, 5.74) is 8.11. The fourth-order valence-electron chi connectivity index (χ4n) is 3.77. The Morgan fingerprint density at radius 1 is 1.00 bits per heavy atom. The average molecular weight is 369 g/mol. The van der Waals surface area contributed by atoms with Crippen molar-refractivity contribution in [3.8, 4) is 22.4 Å². The lowest BCUT2D eigenvalue weighted by Crippen LogP contribution is -2.35. The summed E-state index contributed by atoms with van der Waals surface area (Å²) in [6.45, 7) is 8.65. The van der Waals surface area contributed by atoms with Crippen molar-refractivity contribution >= 4 is 10.8 Å². The Balaban J connectivity index is 2.04. The molecule has 0 radical (unpaired) electrons. The summed E-state index contributed by atoms with van der Waals surface area (Å²) in [4.78, 5) is 4.25. The summed E-state index contributed by atoms with van der Waals surface area (Å²) < 4.78 is 10.9. The standard InChI is InChI=1S/C26H27N2/c1-17(2)20-9-8-18(3)25(15-20)26-24-11-10-21(22-7-6-12-27-16-22)14-23(24)13-19(4)28(26)5/h6-17H,1-5H3/q+1/i13D. The number of aromatic nitrogens is 2. The van der Waals surface area contributed by atoms with Crippen LogP contribution in [0.2, 0.25) is 0 Å². The lowest BCUT2D eigenvalue weighted by atomic mass is 9.92. The first kappa shape index (κ1) is 17.1. The second-order valence-corrected chi connectivity index (χ2v) is 7.85. The largest absolute Gasteiger partial charge is 0.264 e. The molecule has 0 aliphatic rings. The molecule has 0 unspecified atom stereocenters. The maximum absolute atomic E-state index is 8.78. The van der Waals surface area contributed by atoms with Gasteiger partial charge in [-0.2, -0.15) is 4.57 Å². The van der Waals surface area contributed by atoms with Crippen LogP contribution in [-0.2, 0) is 7.05 Å². The molecule has 2 aromatic heterocycles. The Morgan fingerprint density at radius 2 is 1.82 bits per heavy atom. The van der Waals surface area contributed by atoms with Crippen molar-refractivity contribution < 1.29 is 5.94 Å². The van der Waals surface area contributed by atoms with E-state index in [9.17, 15) is 0 Å². The van der Waals surface area contributed by atoms with E-state index in [1.165, 1.54) is 22.4 Å². The second-order valence-electron chi connectivity index (χ2n) is 7.85. The van der Waals surface area contributed by atoms with E-state index in [4.69, 9.17) is 1.37 Å². The summed E-state index contributed by atoms with van der Waals surface area (Å²) in [7, 11) is 2.07. The number of aryl methyl sites for hydroxylation is 1. The lowest BCUT2D eigenvalue weighted by molar-refractivity contribution is -0.665. The molecule has 2 aromatic carbocycles. The normalized spacial score (nSPS) is 11.9. The van der Waals surface area contributed by atoms with Gasteiger partial charge in [0, 0.05) is 36.5 Å². The van der Waals surface area contributed by atoms with E-state index in [1.807, 2.05) is 19.2 Å². The highest BCUT2D eigenvalue weighted by molar-refractivity contribution is 5.96. The van der Waals surface area contributed by atoms with E-state index >= 15 is 0 Å². The van der Waals surface area contributed by atoms with Crippen molar-refractivity contribution in [3.05, 3.63) is 83.8 Å². The molecular weight excluding hydrogens is 340 g/mol. The minimum atomic E-state index is 0.472. The molecule has 0 saturated carbocycles. The third-order valence-corrected chi connectivity index (χ3v) is 5.61. The number of fused-ring (bicyclic) bond motifs is 1. The third-order valence-electron chi connectivity index (χ3n) is 5.61. The fraction of sp³-hybridized carbons (Fsp3) is 0.231. The molecule has 0 atom stereocenters. The number of rotatable bonds is 3. The van der Waals surface area contributed by atoms with Gasteiger partial charge in [-0.05, 0) is 59.2 Å². The minimum Gasteiger partial charge on any atom is -0.264 e. The van der Waals surface area contributed by atoms with Crippen LogP contribution in [0.1, 0.15) is 38.0 Å². The molecule has 4 rings (SSSR count). The van der Waals surface area contributed by atoms with E-state index in [0.29, 0.717) is 12.0 Å². The van der Waals surface area contributed by atoms with Crippen LogP contribution in [0, 0.1) is 13.8 Å². The van der Waals surface area contributed by atoms with Crippen molar-refractivity contribution in [1.82, 2.24) is 4.98 Å². The molecule has 2 heteroatoms. The average Bonchev–Trinajstić information content (AvgIpc) is 2.73. The quantitative estimate of drug-likeness (QED) is 0.397. The molecular formula is C26H27N2+. The van der Waals surface area contributed by atoms with Crippen LogP contribution < -0.4 is 4.57 Å². The molecule has 2 nitrogen and oxygen atoms in total. The van der Waals surface area contributed by atoms with Crippen LogP contribution in [0.25, 0.3) is 33.2 Å². The zero-order valence-electron chi connectivity index (χ0n) is 18.2. The fourth-order valence-corrected chi connectivity index (χ4v) is 3.77. The van der Waals surface area contributed by atoms with Gasteiger partial charge in [-0.1, -0.05) is 38.1 Å². The molecule has 0 fully saturated rings. The van der Waals surface area contributed by atoms with Gasteiger partial charge < -0.3 is 0 Å². The van der Waals surface area contributed by atoms with Crippen LogP contribution in [0.5, 0.6) is 0 Å². The smallest absolute Gasteiger partial charge is 0.220 e. The summed E-state index contributed by atoms with van der Waals surface area (Å²) in [5, 5.41) is 2.09. The van der Waals surface area contributed by atoms with Crippen molar-refractivity contribution in [1.29, 1.82) is 0 Å². The van der Waals surface area contributed by atoms with Crippen LogP contribution in [0.3, 0.4) is 0 Å². The first-order valence-electron chi connectivity index (χ1n) is 10.3. The van der Waals surface area contributed by atoms with Gasteiger partial charge in [0.2, 0.25) is 5.69 Å². The number of pyridine rings is 2. The summed E-state index contributed by atoms with van der Waals surface area (Å²) >= 11 is 0. The van der Waals surface area contributed by atoms with E-state index in [1.54, 1.807) is 6.20 Å². The Bertz CT molecular complexity index is 1210. The Kier molecular flexibility index (Phi) is 4.40. The van der Waals surface area contributed by atoms with Crippen molar-refractivity contribution in [2.45, 2.75) is 33.6 Å².